The van der Waals surface area contributed by atoms with Gasteiger partial charge in [0.15, 0.2) is 0 Å². The van der Waals surface area contributed by atoms with Crippen molar-refractivity contribution in [1.82, 2.24) is 14.9 Å². The van der Waals surface area contributed by atoms with E-state index in [9.17, 15) is 5.11 Å². The first-order chi connectivity index (χ1) is 7.11. The van der Waals surface area contributed by atoms with Gasteiger partial charge in [0.05, 0.1) is 18.3 Å². The van der Waals surface area contributed by atoms with Gasteiger partial charge in [-0.05, 0) is 19.3 Å². The number of hydrogen-bond acceptors (Lipinski definition) is 3. The quantitative estimate of drug-likeness (QED) is 0.813. The first-order valence-electron chi connectivity index (χ1n) is 5.20. The average Bonchev–Trinajstić information content (AvgIpc) is 2.47. The van der Waals surface area contributed by atoms with Crippen molar-refractivity contribution in [1.29, 1.82) is 0 Å². The summed E-state index contributed by atoms with van der Waals surface area (Å²) in [6, 6.07) is 0. The van der Waals surface area contributed by atoms with E-state index < -0.39 is 5.60 Å². The fourth-order valence-electron chi connectivity index (χ4n) is 1.76. The number of imidazole rings is 1. The highest BCUT2D eigenvalue weighted by atomic mass is 35.5. The topological polar surface area (TPSA) is 50.1 Å². The molecule has 0 amide bonds. The van der Waals surface area contributed by atoms with E-state index in [1.165, 1.54) is 0 Å². The van der Waals surface area contributed by atoms with E-state index >= 15 is 0 Å². The second-order valence-electron chi connectivity index (χ2n) is 4.24. The van der Waals surface area contributed by atoms with E-state index in [0.717, 1.165) is 25.1 Å². The normalized spacial score (nSPS) is 18.9. The van der Waals surface area contributed by atoms with Crippen molar-refractivity contribution in [3.05, 3.63) is 17.2 Å². The van der Waals surface area contributed by atoms with Gasteiger partial charge in [0.2, 0.25) is 0 Å². The monoisotopic (exact) mass is 229 g/mol. The molecule has 1 aliphatic carbocycles. The van der Waals surface area contributed by atoms with Crippen LogP contribution in [0, 0.1) is 0 Å². The summed E-state index contributed by atoms with van der Waals surface area (Å²) < 4.78 is 1.83. The number of halogens is 1. The van der Waals surface area contributed by atoms with E-state index in [1.54, 1.807) is 6.20 Å². The van der Waals surface area contributed by atoms with E-state index in [-0.39, 0.29) is 0 Å². The van der Waals surface area contributed by atoms with E-state index in [2.05, 4.69) is 10.3 Å². The van der Waals surface area contributed by atoms with Crippen LogP contribution >= 0.6 is 11.6 Å². The largest absolute Gasteiger partial charge is 0.389 e. The summed E-state index contributed by atoms with van der Waals surface area (Å²) >= 11 is 5.86. The summed E-state index contributed by atoms with van der Waals surface area (Å²) in [6.45, 7) is 1.28. The number of aliphatic hydroxyl groups is 1. The molecule has 2 rings (SSSR count). The van der Waals surface area contributed by atoms with Gasteiger partial charge in [-0.15, -0.1) is 0 Å². The molecule has 0 saturated heterocycles. The zero-order valence-electron chi connectivity index (χ0n) is 8.83. The first-order valence-corrected chi connectivity index (χ1v) is 5.58. The van der Waals surface area contributed by atoms with Crippen LogP contribution in [0.2, 0.25) is 5.15 Å². The minimum Gasteiger partial charge on any atom is -0.389 e. The van der Waals surface area contributed by atoms with Crippen LogP contribution < -0.4 is 5.32 Å². The molecule has 1 aliphatic rings. The lowest BCUT2D eigenvalue weighted by Gasteiger charge is -2.36. The fourth-order valence-corrected chi connectivity index (χ4v) is 1.90. The molecule has 4 nitrogen and oxygen atoms in total. The molecule has 5 heteroatoms. The molecule has 0 bridgehead atoms. The Hall–Kier alpha value is -0.580. The summed E-state index contributed by atoms with van der Waals surface area (Å²) in [5.41, 5.74) is -0.477. The van der Waals surface area contributed by atoms with Gasteiger partial charge in [0.1, 0.15) is 11.0 Å². The maximum absolute atomic E-state index is 9.85. The van der Waals surface area contributed by atoms with Crippen molar-refractivity contribution >= 4 is 11.6 Å². The molecule has 0 spiro atoms. The van der Waals surface area contributed by atoms with Gasteiger partial charge >= 0.3 is 0 Å². The van der Waals surface area contributed by atoms with Crippen LogP contribution in [-0.4, -0.2) is 26.8 Å². The third-order valence-electron chi connectivity index (χ3n) is 3.05. The van der Waals surface area contributed by atoms with Crippen molar-refractivity contribution < 1.29 is 5.11 Å². The summed E-state index contributed by atoms with van der Waals surface area (Å²) in [5.74, 6) is 0.892. The maximum Gasteiger partial charge on any atom is 0.128 e. The molecule has 0 atom stereocenters. The van der Waals surface area contributed by atoms with Crippen LogP contribution in [0.25, 0.3) is 0 Å². The van der Waals surface area contributed by atoms with Gasteiger partial charge in [-0.2, -0.15) is 0 Å². The van der Waals surface area contributed by atoms with Crippen molar-refractivity contribution in [2.75, 3.05) is 6.54 Å². The minimum absolute atomic E-state index is 0.477. The Balaban J connectivity index is 1.81. The Bertz CT molecular complexity index is 346. The predicted molar refractivity (Wildman–Crippen MR) is 58.7 cm³/mol. The maximum atomic E-state index is 9.85. The van der Waals surface area contributed by atoms with Gasteiger partial charge in [0, 0.05) is 13.6 Å². The summed E-state index contributed by atoms with van der Waals surface area (Å²) in [6.07, 6.45) is 4.58. The molecule has 2 N–H and O–H groups in total. The molecule has 0 radical (unpaired) electrons. The third kappa shape index (κ3) is 2.33. The van der Waals surface area contributed by atoms with Crippen molar-refractivity contribution in [3.63, 3.8) is 0 Å². The fraction of sp³-hybridized carbons (Fsp3) is 0.700. The SMILES string of the molecule is Cn1c(Cl)cnc1CNCC1(O)CCC1. The predicted octanol–water partition coefficient (Wildman–Crippen LogP) is 1.08. The molecule has 84 valence electrons. The highest BCUT2D eigenvalue weighted by Crippen LogP contribution is 2.30. The number of nitrogens with one attached hydrogen (secondary N) is 1. The molecule has 15 heavy (non-hydrogen) atoms. The van der Waals surface area contributed by atoms with Gasteiger partial charge in [-0.3, -0.25) is 0 Å². The number of hydrogen-bond donors (Lipinski definition) is 2. The molecule has 0 aromatic carbocycles. The van der Waals surface area contributed by atoms with E-state index in [4.69, 9.17) is 11.6 Å². The van der Waals surface area contributed by atoms with Crippen LogP contribution in [0.4, 0.5) is 0 Å². The molecule has 0 unspecified atom stereocenters. The molecular formula is C10H16ClN3O. The Morgan fingerprint density at radius 1 is 1.67 bits per heavy atom. The van der Waals surface area contributed by atoms with E-state index in [0.29, 0.717) is 18.2 Å². The van der Waals surface area contributed by atoms with Crippen molar-refractivity contribution in [2.24, 2.45) is 7.05 Å². The van der Waals surface area contributed by atoms with Crippen LogP contribution in [0.15, 0.2) is 6.20 Å². The number of nitrogens with zero attached hydrogens (tertiary/aromatic N) is 2. The molecule has 1 heterocycles. The van der Waals surface area contributed by atoms with Crippen LogP contribution in [-0.2, 0) is 13.6 Å². The van der Waals surface area contributed by atoms with Gasteiger partial charge < -0.3 is 15.0 Å². The first kappa shape index (κ1) is 10.9. The zero-order valence-corrected chi connectivity index (χ0v) is 9.59. The molecule has 1 aromatic rings. The highest BCUT2D eigenvalue weighted by Gasteiger charge is 2.33. The Labute approximate surface area is 94.3 Å². The Morgan fingerprint density at radius 2 is 2.40 bits per heavy atom. The average molecular weight is 230 g/mol. The summed E-state index contributed by atoms with van der Waals surface area (Å²) in [7, 11) is 1.88. The number of rotatable bonds is 4. The Morgan fingerprint density at radius 3 is 2.87 bits per heavy atom. The molecular weight excluding hydrogens is 214 g/mol. The van der Waals surface area contributed by atoms with Crippen LogP contribution in [0.1, 0.15) is 25.1 Å². The Kier molecular flexibility index (Phi) is 3.00. The molecule has 1 fully saturated rings. The summed E-state index contributed by atoms with van der Waals surface area (Å²) in [5, 5.41) is 13.7. The van der Waals surface area contributed by atoms with Gasteiger partial charge in [-0.25, -0.2) is 4.98 Å². The van der Waals surface area contributed by atoms with Crippen molar-refractivity contribution in [3.8, 4) is 0 Å². The lowest BCUT2D eigenvalue weighted by molar-refractivity contribution is -0.0316. The van der Waals surface area contributed by atoms with Crippen LogP contribution in [0.3, 0.4) is 0 Å². The molecule has 0 aliphatic heterocycles. The lowest BCUT2D eigenvalue weighted by Crippen LogP contribution is -2.46. The minimum atomic E-state index is -0.477. The van der Waals surface area contributed by atoms with Crippen LogP contribution in [0.5, 0.6) is 0 Å². The van der Waals surface area contributed by atoms with E-state index in [1.807, 2.05) is 11.6 Å². The third-order valence-corrected chi connectivity index (χ3v) is 3.40. The van der Waals surface area contributed by atoms with Gasteiger partial charge in [-0.1, -0.05) is 11.6 Å². The molecule has 1 aromatic heterocycles. The highest BCUT2D eigenvalue weighted by molar-refractivity contribution is 6.29. The standard InChI is InChI=1S/C10H16ClN3O/c1-14-8(11)5-13-9(14)6-12-7-10(15)3-2-4-10/h5,12,15H,2-4,6-7H2,1H3. The summed E-state index contributed by atoms with van der Waals surface area (Å²) in [4.78, 5) is 4.17. The lowest BCUT2D eigenvalue weighted by atomic mass is 9.80. The second kappa shape index (κ2) is 4.12. The second-order valence-corrected chi connectivity index (χ2v) is 4.62. The zero-order chi connectivity index (χ0) is 10.9. The number of aromatic nitrogens is 2. The smallest absolute Gasteiger partial charge is 0.128 e. The van der Waals surface area contributed by atoms with Crippen molar-refractivity contribution in [2.45, 2.75) is 31.4 Å². The molecule has 1 saturated carbocycles. The van der Waals surface area contributed by atoms with Gasteiger partial charge in [0.25, 0.3) is 0 Å².